The van der Waals surface area contributed by atoms with Gasteiger partial charge in [0.15, 0.2) is 0 Å². The summed E-state index contributed by atoms with van der Waals surface area (Å²) in [7, 11) is 0. The molecule has 0 unspecified atom stereocenters. The number of nitrogen functional groups attached to an aromatic ring is 1. The highest BCUT2D eigenvalue weighted by molar-refractivity contribution is 6.30. The molecule has 1 aromatic carbocycles. The smallest absolute Gasteiger partial charge is 0.128 e. The van der Waals surface area contributed by atoms with Crippen LogP contribution >= 0.6 is 11.6 Å². The third kappa shape index (κ3) is 3.14. The maximum absolute atomic E-state index is 5.84. The third-order valence-corrected chi connectivity index (χ3v) is 2.99. The Morgan fingerprint density at radius 1 is 1.17 bits per heavy atom. The van der Waals surface area contributed by atoms with Crippen molar-refractivity contribution in [3.63, 3.8) is 0 Å². The molecule has 0 fully saturated rings. The highest BCUT2D eigenvalue weighted by atomic mass is 35.5. The molecule has 94 valence electrons. The molecule has 1 heterocycles. The topological polar surface area (TPSA) is 42.1 Å². The fraction of sp³-hybridized carbons (Fsp3) is 0.214. The molecule has 18 heavy (non-hydrogen) atoms. The van der Waals surface area contributed by atoms with Crippen molar-refractivity contribution < 1.29 is 0 Å². The molecule has 0 atom stereocenters. The van der Waals surface area contributed by atoms with E-state index in [-0.39, 0.29) is 0 Å². The lowest BCUT2D eigenvalue weighted by atomic mass is 10.2. The lowest BCUT2D eigenvalue weighted by Crippen LogP contribution is -2.22. The van der Waals surface area contributed by atoms with E-state index in [9.17, 15) is 0 Å². The first-order valence-corrected chi connectivity index (χ1v) is 6.27. The first-order chi connectivity index (χ1) is 8.69. The summed E-state index contributed by atoms with van der Waals surface area (Å²) in [6, 6.07) is 11.7. The van der Waals surface area contributed by atoms with Crippen LogP contribution in [0.4, 0.5) is 11.5 Å². The molecule has 0 radical (unpaired) electrons. The Bertz CT molecular complexity index is 493. The second-order valence-electron chi connectivity index (χ2n) is 4.09. The first kappa shape index (κ1) is 12.7. The summed E-state index contributed by atoms with van der Waals surface area (Å²) >= 11 is 5.84. The molecule has 3 nitrogen and oxygen atoms in total. The average Bonchev–Trinajstić information content (AvgIpc) is 2.39. The molecule has 2 N–H and O–H groups in total. The standard InChI is InChI=1S/C14H16ClN3/c1-2-18(14-8-5-12(15)9-17-14)10-11-3-6-13(16)7-4-11/h3-9H,2,10,16H2,1H3. The van der Waals surface area contributed by atoms with Gasteiger partial charge >= 0.3 is 0 Å². The largest absolute Gasteiger partial charge is 0.399 e. The number of rotatable bonds is 4. The van der Waals surface area contributed by atoms with Crippen molar-refractivity contribution in [3.05, 3.63) is 53.2 Å². The first-order valence-electron chi connectivity index (χ1n) is 5.90. The van der Waals surface area contributed by atoms with Crippen LogP contribution in [0.5, 0.6) is 0 Å². The van der Waals surface area contributed by atoms with E-state index in [4.69, 9.17) is 17.3 Å². The van der Waals surface area contributed by atoms with Crippen LogP contribution < -0.4 is 10.6 Å². The SMILES string of the molecule is CCN(Cc1ccc(N)cc1)c1ccc(Cl)cn1. The van der Waals surface area contributed by atoms with Gasteiger partial charge in [0.25, 0.3) is 0 Å². The van der Waals surface area contributed by atoms with Crippen molar-refractivity contribution in [2.75, 3.05) is 17.2 Å². The molecule has 2 rings (SSSR count). The van der Waals surface area contributed by atoms with Crippen molar-refractivity contribution in [2.45, 2.75) is 13.5 Å². The summed E-state index contributed by atoms with van der Waals surface area (Å²) in [5.41, 5.74) is 7.67. The number of hydrogen-bond acceptors (Lipinski definition) is 3. The summed E-state index contributed by atoms with van der Waals surface area (Å²) in [5, 5.41) is 0.655. The van der Waals surface area contributed by atoms with E-state index in [0.717, 1.165) is 24.6 Å². The summed E-state index contributed by atoms with van der Waals surface area (Å²) in [6.45, 7) is 3.80. The molecule has 4 heteroatoms. The van der Waals surface area contributed by atoms with E-state index in [0.29, 0.717) is 5.02 Å². The normalized spacial score (nSPS) is 10.3. The predicted octanol–water partition coefficient (Wildman–Crippen LogP) is 3.34. The van der Waals surface area contributed by atoms with Crippen molar-refractivity contribution in [1.82, 2.24) is 4.98 Å². The molecule has 2 aromatic rings. The van der Waals surface area contributed by atoms with Gasteiger partial charge in [0, 0.05) is 25.0 Å². The third-order valence-electron chi connectivity index (χ3n) is 2.77. The van der Waals surface area contributed by atoms with Gasteiger partial charge in [-0.1, -0.05) is 23.7 Å². The molecular formula is C14H16ClN3. The lowest BCUT2D eigenvalue weighted by Gasteiger charge is -2.22. The Hall–Kier alpha value is -1.74. The number of anilines is 2. The van der Waals surface area contributed by atoms with Crippen LogP contribution in [0.1, 0.15) is 12.5 Å². The van der Waals surface area contributed by atoms with Crippen molar-refractivity contribution in [2.24, 2.45) is 0 Å². The fourth-order valence-corrected chi connectivity index (χ4v) is 1.87. The van der Waals surface area contributed by atoms with Gasteiger partial charge in [0.1, 0.15) is 5.82 Å². The quantitative estimate of drug-likeness (QED) is 0.859. The summed E-state index contributed by atoms with van der Waals surface area (Å²) in [4.78, 5) is 6.51. The van der Waals surface area contributed by atoms with Gasteiger partial charge in [-0.2, -0.15) is 0 Å². The van der Waals surface area contributed by atoms with Crippen molar-refractivity contribution >= 4 is 23.1 Å². The van der Waals surface area contributed by atoms with Gasteiger partial charge in [-0.3, -0.25) is 0 Å². The number of hydrogen-bond donors (Lipinski definition) is 1. The minimum absolute atomic E-state index is 0.655. The van der Waals surface area contributed by atoms with Gasteiger partial charge in [-0.25, -0.2) is 4.98 Å². The van der Waals surface area contributed by atoms with Gasteiger partial charge in [0.2, 0.25) is 0 Å². The number of benzene rings is 1. The van der Waals surface area contributed by atoms with E-state index in [1.807, 2.05) is 36.4 Å². The van der Waals surface area contributed by atoms with Gasteiger partial charge in [0.05, 0.1) is 5.02 Å². The van der Waals surface area contributed by atoms with Crippen LogP contribution in [0.2, 0.25) is 5.02 Å². The van der Waals surface area contributed by atoms with Crippen LogP contribution in [0.15, 0.2) is 42.6 Å². The highest BCUT2D eigenvalue weighted by Gasteiger charge is 2.06. The monoisotopic (exact) mass is 261 g/mol. The van der Waals surface area contributed by atoms with Gasteiger partial charge < -0.3 is 10.6 Å². The Morgan fingerprint density at radius 2 is 1.89 bits per heavy atom. The van der Waals surface area contributed by atoms with Crippen molar-refractivity contribution in [3.8, 4) is 0 Å². The van der Waals surface area contributed by atoms with Gasteiger partial charge in [-0.15, -0.1) is 0 Å². The molecule has 0 bridgehead atoms. The molecule has 0 saturated heterocycles. The Kier molecular flexibility index (Phi) is 4.05. The Balaban J connectivity index is 2.14. The van der Waals surface area contributed by atoms with E-state index in [1.54, 1.807) is 6.20 Å². The summed E-state index contributed by atoms with van der Waals surface area (Å²) in [6.07, 6.45) is 1.67. The van der Waals surface area contributed by atoms with E-state index in [1.165, 1.54) is 5.56 Å². The van der Waals surface area contributed by atoms with Crippen LogP contribution in [-0.4, -0.2) is 11.5 Å². The molecule has 0 amide bonds. The lowest BCUT2D eigenvalue weighted by molar-refractivity contribution is 0.814. The number of pyridine rings is 1. The Labute approximate surface area is 112 Å². The minimum atomic E-state index is 0.655. The summed E-state index contributed by atoms with van der Waals surface area (Å²) in [5.74, 6) is 0.929. The zero-order valence-corrected chi connectivity index (χ0v) is 11.1. The van der Waals surface area contributed by atoms with Crippen LogP contribution in [0, 0.1) is 0 Å². The maximum Gasteiger partial charge on any atom is 0.128 e. The predicted molar refractivity (Wildman–Crippen MR) is 76.8 cm³/mol. The van der Waals surface area contributed by atoms with Gasteiger partial charge in [-0.05, 0) is 36.8 Å². The molecule has 0 spiro atoms. The average molecular weight is 262 g/mol. The fourth-order valence-electron chi connectivity index (χ4n) is 1.75. The zero-order valence-electron chi connectivity index (χ0n) is 10.3. The molecule has 0 aliphatic heterocycles. The second-order valence-corrected chi connectivity index (χ2v) is 4.53. The molecule has 0 aliphatic carbocycles. The van der Waals surface area contributed by atoms with Crippen molar-refractivity contribution in [1.29, 1.82) is 0 Å². The number of aromatic nitrogens is 1. The summed E-state index contributed by atoms with van der Waals surface area (Å²) < 4.78 is 0. The van der Waals surface area contributed by atoms with Crippen LogP contribution in [-0.2, 0) is 6.54 Å². The number of halogens is 1. The maximum atomic E-state index is 5.84. The second kappa shape index (κ2) is 5.74. The minimum Gasteiger partial charge on any atom is -0.399 e. The molecule has 0 aliphatic rings. The van der Waals surface area contributed by atoms with Crippen LogP contribution in [0.3, 0.4) is 0 Å². The Morgan fingerprint density at radius 3 is 2.44 bits per heavy atom. The van der Waals surface area contributed by atoms with Crippen LogP contribution in [0.25, 0.3) is 0 Å². The van der Waals surface area contributed by atoms with E-state index < -0.39 is 0 Å². The van der Waals surface area contributed by atoms with E-state index >= 15 is 0 Å². The molecule has 0 saturated carbocycles. The number of nitrogens with zero attached hydrogens (tertiary/aromatic N) is 2. The molecular weight excluding hydrogens is 246 g/mol. The number of nitrogens with two attached hydrogens (primary N) is 1. The molecule has 1 aromatic heterocycles. The highest BCUT2D eigenvalue weighted by Crippen LogP contribution is 2.17. The zero-order chi connectivity index (χ0) is 13.0. The van der Waals surface area contributed by atoms with E-state index in [2.05, 4.69) is 16.8 Å².